The number of unbranched alkanes of at least 4 members (excludes halogenated alkanes) is 1. The zero-order valence-corrected chi connectivity index (χ0v) is 11.4. The Balaban J connectivity index is 2.02. The number of benzene rings is 1. The topological polar surface area (TPSA) is 92.5 Å². The van der Waals surface area contributed by atoms with Crippen LogP contribution in [0.2, 0.25) is 5.02 Å². The van der Waals surface area contributed by atoms with Crippen molar-refractivity contribution in [2.75, 3.05) is 11.4 Å². The average Bonchev–Trinajstić information content (AvgIpc) is 2.67. The van der Waals surface area contributed by atoms with Crippen LogP contribution >= 0.6 is 11.6 Å². The molecule has 0 aromatic heterocycles. The predicted octanol–water partition coefficient (Wildman–Crippen LogP) is 1.03. The fourth-order valence-electron chi connectivity index (χ4n) is 2.12. The lowest BCUT2D eigenvalue weighted by atomic mass is 10.1. The van der Waals surface area contributed by atoms with Crippen molar-refractivity contribution in [3.63, 3.8) is 0 Å². The first kappa shape index (κ1) is 14.5. The third-order valence-electron chi connectivity index (χ3n) is 3.13. The van der Waals surface area contributed by atoms with Gasteiger partial charge in [-0.3, -0.25) is 19.8 Å². The second kappa shape index (κ2) is 6.02. The summed E-state index contributed by atoms with van der Waals surface area (Å²) in [5, 5.41) is 0.471. The van der Waals surface area contributed by atoms with Crippen LogP contribution < -0.4 is 16.2 Å². The van der Waals surface area contributed by atoms with E-state index in [1.54, 1.807) is 18.2 Å². The quantitative estimate of drug-likeness (QED) is 0.279. The molecular weight excluding hydrogens is 282 g/mol. The molecule has 1 aromatic rings. The van der Waals surface area contributed by atoms with Gasteiger partial charge >= 0.3 is 0 Å². The lowest BCUT2D eigenvalue weighted by molar-refractivity contribution is -0.121. The van der Waals surface area contributed by atoms with Crippen molar-refractivity contribution in [2.24, 2.45) is 5.84 Å². The Labute approximate surface area is 120 Å². The summed E-state index contributed by atoms with van der Waals surface area (Å²) in [6, 6.07) is 4.74. The summed E-state index contributed by atoms with van der Waals surface area (Å²) < 4.78 is 0. The summed E-state index contributed by atoms with van der Waals surface area (Å²) in [5.74, 6) is 3.65. The molecule has 1 aliphatic rings. The van der Waals surface area contributed by atoms with Gasteiger partial charge in [-0.15, -0.1) is 0 Å². The van der Waals surface area contributed by atoms with Gasteiger partial charge in [0.05, 0.1) is 11.3 Å². The lowest BCUT2D eigenvalue weighted by Crippen LogP contribution is -2.32. The van der Waals surface area contributed by atoms with Crippen LogP contribution in [-0.2, 0) is 9.59 Å². The minimum atomic E-state index is -0.550. The third-order valence-corrected chi connectivity index (χ3v) is 3.37. The number of nitrogens with two attached hydrogens (primary N) is 1. The second-order valence-corrected chi connectivity index (χ2v) is 4.91. The molecule has 0 unspecified atom stereocenters. The molecule has 2 rings (SSSR count). The Hall–Kier alpha value is -1.92. The molecular formula is C13H14ClN3O3. The number of hydrazine groups is 1. The summed E-state index contributed by atoms with van der Waals surface area (Å²) in [6.07, 6.45) is 1.46. The van der Waals surface area contributed by atoms with Crippen molar-refractivity contribution in [2.45, 2.75) is 19.3 Å². The number of nitrogens with zero attached hydrogens (tertiary/aromatic N) is 1. The number of halogens is 1. The molecule has 0 saturated heterocycles. The monoisotopic (exact) mass is 295 g/mol. The number of ketones is 1. The normalized spacial score (nSPS) is 13.6. The SMILES string of the molecule is NNC(=O)CCCCN1C(=O)C(=O)c2ccc(Cl)cc21. The highest BCUT2D eigenvalue weighted by Crippen LogP contribution is 2.31. The first-order valence-electron chi connectivity index (χ1n) is 6.20. The van der Waals surface area contributed by atoms with E-state index in [-0.39, 0.29) is 12.3 Å². The van der Waals surface area contributed by atoms with Crippen LogP contribution in [0, 0.1) is 0 Å². The van der Waals surface area contributed by atoms with E-state index in [2.05, 4.69) is 0 Å². The van der Waals surface area contributed by atoms with Crippen molar-refractivity contribution < 1.29 is 14.4 Å². The molecule has 0 fully saturated rings. The van der Waals surface area contributed by atoms with Gasteiger partial charge in [0.2, 0.25) is 5.91 Å². The molecule has 20 heavy (non-hydrogen) atoms. The van der Waals surface area contributed by atoms with Crippen LogP contribution in [0.25, 0.3) is 0 Å². The predicted molar refractivity (Wildman–Crippen MR) is 74.3 cm³/mol. The van der Waals surface area contributed by atoms with Crippen molar-refractivity contribution in [1.29, 1.82) is 0 Å². The van der Waals surface area contributed by atoms with Gasteiger partial charge in [-0.25, -0.2) is 5.84 Å². The standard InChI is InChI=1S/C13H14ClN3O3/c14-8-4-5-9-10(7-8)17(13(20)12(9)19)6-2-1-3-11(18)16-15/h4-5,7H,1-3,6,15H2,(H,16,18). The first-order chi connectivity index (χ1) is 9.54. The summed E-state index contributed by atoms with van der Waals surface area (Å²) in [7, 11) is 0. The number of hydrogen-bond donors (Lipinski definition) is 2. The Morgan fingerprint density at radius 2 is 2.05 bits per heavy atom. The zero-order chi connectivity index (χ0) is 14.7. The van der Waals surface area contributed by atoms with Crippen LogP contribution in [0.5, 0.6) is 0 Å². The number of Topliss-reactive ketones (excluding diaryl/α,β-unsaturated/α-hetero) is 1. The molecule has 0 radical (unpaired) electrons. The van der Waals surface area contributed by atoms with Gasteiger partial charge in [-0.2, -0.15) is 0 Å². The molecule has 0 bridgehead atoms. The molecule has 0 aliphatic carbocycles. The molecule has 0 saturated carbocycles. The van der Waals surface area contributed by atoms with Crippen molar-refractivity contribution in [1.82, 2.24) is 5.43 Å². The average molecular weight is 296 g/mol. The Morgan fingerprint density at radius 1 is 1.30 bits per heavy atom. The molecule has 1 aliphatic heterocycles. The Kier molecular flexibility index (Phi) is 4.36. The summed E-state index contributed by atoms with van der Waals surface area (Å²) in [5.41, 5.74) is 2.95. The number of anilines is 1. The van der Waals surface area contributed by atoms with Crippen molar-refractivity contribution >= 4 is 34.9 Å². The minimum absolute atomic E-state index is 0.253. The van der Waals surface area contributed by atoms with E-state index in [0.29, 0.717) is 35.7 Å². The zero-order valence-electron chi connectivity index (χ0n) is 10.7. The lowest BCUT2D eigenvalue weighted by Gasteiger charge is -2.16. The number of nitrogens with one attached hydrogen (secondary N) is 1. The Morgan fingerprint density at radius 3 is 2.75 bits per heavy atom. The second-order valence-electron chi connectivity index (χ2n) is 4.47. The van der Waals surface area contributed by atoms with Crippen LogP contribution in [0.1, 0.15) is 29.6 Å². The van der Waals surface area contributed by atoms with E-state index in [4.69, 9.17) is 17.4 Å². The summed E-state index contributed by atoms with van der Waals surface area (Å²) in [4.78, 5) is 36.1. The van der Waals surface area contributed by atoms with E-state index < -0.39 is 11.7 Å². The number of hydrogen-bond acceptors (Lipinski definition) is 4. The maximum absolute atomic E-state index is 11.9. The van der Waals surface area contributed by atoms with E-state index in [1.165, 1.54) is 4.90 Å². The Bertz CT molecular complexity index is 574. The molecule has 7 heteroatoms. The molecule has 2 amide bonds. The van der Waals surface area contributed by atoms with E-state index in [0.717, 1.165) is 0 Å². The summed E-state index contributed by atoms with van der Waals surface area (Å²) >= 11 is 5.89. The number of carbonyl (C=O) groups is 3. The van der Waals surface area contributed by atoms with Gasteiger partial charge in [0.15, 0.2) is 0 Å². The van der Waals surface area contributed by atoms with E-state index in [9.17, 15) is 14.4 Å². The largest absolute Gasteiger partial charge is 0.305 e. The van der Waals surface area contributed by atoms with Crippen LogP contribution in [-0.4, -0.2) is 24.1 Å². The van der Waals surface area contributed by atoms with Crippen LogP contribution in [0.4, 0.5) is 5.69 Å². The summed E-state index contributed by atoms with van der Waals surface area (Å²) in [6.45, 7) is 0.371. The highest BCUT2D eigenvalue weighted by atomic mass is 35.5. The van der Waals surface area contributed by atoms with Crippen molar-refractivity contribution in [3.05, 3.63) is 28.8 Å². The van der Waals surface area contributed by atoms with Crippen molar-refractivity contribution in [3.8, 4) is 0 Å². The van der Waals surface area contributed by atoms with Crippen LogP contribution in [0.3, 0.4) is 0 Å². The molecule has 6 nitrogen and oxygen atoms in total. The van der Waals surface area contributed by atoms with Gasteiger partial charge in [-0.1, -0.05) is 11.6 Å². The smallest absolute Gasteiger partial charge is 0.299 e. The molecule has 0 atom stereocenters. The fraction of sp³-hybridized carbons (Fsp3) is 0.308. The highest BCUT2D eigenvalue weighted by Gasteiger charge is 2.35. The fourth-order valence-corrected chi connectivity index (χ4v) is 2.28. The maximum atomic E-state index is 11.9. The number of carbonyl (C=O) groups excluding carboxylic acids is 3. The molecule has 0 spiro atoms. The number of rotatable bonds is 5. The van der Waals surface area contributed by atoms with E-state index >= 15 is 0 Å². The maximum Gasteiger partial charge on any atom is 0.299 e. The molecule has 1 aromatic carbocycles. The van der Waals surface area contributed by atoms with E-state index in [1.807, 2.05) is 5.43 Å². The van der Waals surface area contributed by atoms with Gasteiger partial charge in [0, 0.05) is 18.0 Å². The van der Waals surface area contributed by atoms with Gasteiger partial charge in [0.25, 0.3) is 11.7 Å². The van der Waals surface area contributed by atoms with Gasteiger partial charge < -0.3 is 4.90 Å². The number of fused-ring (bicyclic) bond motifs is 1. The first-order valence-corrected chi connectivity index (χ1v) is 6.57. The molecule has 1 heterocycles. The molecule has 106 valence electrons. The van der Waals surface area contributed by atoms with Gasteiger partial charge in [-0.05, 0) is 31.0 Å². The third kappa shape index (κ3) is 2.81. The number of amides is 2. The van der Waals surface area contributed by atoms with Gasteiger partial charge in [0.1, 0.15) is 0 Å². The highest BCUT2D eigenvalue weighted by molar-refractivity contribution is 6.52. The minimum Gasteiger partial charge on any atom is -0.305 e. The van der Waals surface area contributed by atoms with Crippen LogP contribution in [0.15, 0.2) is 18.2 Å². The molecule has 3 N–H and O–H groups in total.